The molecular formula is C19H17Cl2N3O2S. The predicted molar refractivity (Wildman–Crippen MR) is 110 cm³/mol. The lowest BCUT2D eigenvalue weighted by molar-refractivity contribution is 0.601. The van der Waals surface area contributed by atoms with Crippen LogP contribution in [-0.4, -0.2) is 20.4 Å². The molecule has 0 aliphatic rings. The predicted octanol–water partition coefficient (Wildman–Crippen LogP) is 4.58. The molecule has 0 saturated heterocycles. The fourth-order valence-electron chi connectivity index (χ4n) is 2.58. The summed E-state index contributed by atoms with van der Waals surface area (Å²) in [5.74, 6) is 0. The van der Waals surface area contributed by atoms with Gasteiger partial charge >= 0.3 is 0 Å². The van der Waals surface area contributed by atoms with E-state index in [1.54, 1.807) is 30.3 Å². The zero-order chi connectivity index (χ0) is 19.4. The van der Waals surface area contributed by atoms with Crippen LogP contribution in [0.5, 0.6) is 0 Å². The molecule has 0 atom stereocenters. The normalized spacial score (nSPS) is 11.4. The van der Waals surface area contributed by atoms with Gasteiger partial charge in [0.05, 0.1) is 20.6 Å². The maximum atomic E-state index is 12.6. The molecule has 0 aliphatic heterocycles. The third-order valence-corrected chi connectivity index (χ3v) is 5.70. The highest BCUT2D eigenvalue weighted by Crippen LogP contribution is 2.29. The summed E-state index contributed by atoms with van der Waals surface area (Å²) in [7, 11) is -1.87. The average molecular weight is 422 g/mol. The van der Waals surface area contributed by atoms with Crippen LogP contribution in [-0.2, 0) is 16.6 Å². The van der Waals surface area contributed by atoms with Crippen molar-refractivity contribution in [3.05, 3.63) is 76.4 Å². The van der Waals surface area contributed by atoms with Gasteiger partial charge < -0.3 is 5.32 Å². The van der Waals surface area contributed by atoms with E-state index in [0.717, 1.165) is 5.56 Å². The number of nitrogens with one attached hydrogen (secondary N) is 2. The second-order valence-electron chi connectivity index (χ2n) is 5.84. The fourth-order valence-corrected chi connectivity index (χ4v) is 4.12. The fraction of sp³-hybridized carbons (Fsp3) is 0.105. The van der Waals surface area contributed by atoms with Gasteiger partial charge in [0.25, 0.3) is 10.0 Å². The molecule has 0 radical (unpaired) electrons. The van der Waals surface area contributed by atoms with E-state index in [1.807, 2.05) is 19.2 Å². The van der Waals surface area contributed by atoms with Crippen LogP contribution in [0.25, 0.3) is 11.3 Å². The summed E-state index contributed by atoms with van der Waals surface area (Å²) in [6.07, 6.45) is 1.49. The molecule has 140 valence electrons. The number of sulfonamides is 1. The van der Waals surface area contributed by atoms with Crippen LogP contribution in [0.1, 0.15) is 5.56 Å². The van der Waals surface area contributed by atoms with Gasteiger partial charge in [-0.25, -0.2) is 8.42 Å². The van der Waals surface area contributed by atoms with Crippen molar-refractivity contribution >= 4 is 38.9 Å². The quantitative estimate of drug-likeness (QED) is 0.610. The van der Waals surface area contributed by atoms with Crippen molar-refractivity contribution in [1.82, 2.24) is 10.3 Å². The molecule has 3 aromatic rings. The Bertz CT molecular complexity index is 1050. The third-order valence-electron chi connectivity index (χ3n) is 3.81. The molecule has 0 fully saturated rings. The SMILES string of the molecule is CNCc1cccc(NS(=O)(=O)c2ccc(-c3ncc(Cl)cc3Cl)cc2)c1. The summed E-state index contributed by atoms with van der Waals surface area (Å²) >= 11 is 12.0. The summed E-state index contributed by atoms with van der Waals surface area (Å²) in [5, 5.41) is 3.87. The first-order chi connectivity index (χ1) is 12.9. The Kier molecular flexibility index (Phi) is 6.01. The number of benzene rings is 2. The van der Waals surface area contributed by atoms with Gasteiger partial charge in [-0.3, -0.25) is 9.71 Å². The molecule has 2 aromatic carbocycles. The van der Waals surface area contributed by atoms with Crippen LogP contribution < -0.4 is 10.0 Å². The lowest BCUT2D eigenvalue weighted by Crippen LogP contribution is -2.13. The molecule has 5 nitrogen and oxygen atoms in total. The molecule has 2 N–H and O–H groups in total. The number of aromatic nitrogens is 1. The monoisotopic (exact) mass is 421 g/mol. The number of anilines is 1. The maximum Gasteiger partial charge on any atom is 0.261 e. The molecule has 1 heterocycles. The van der Waals surface area contributed by atoms with Crippen LogP contribution in [0, 0.1) is 0 Å². The molecule has 0 aliphatic carbocycles. The summed E-state index contributed by atoms with van der Waals surface area (Å²) < 4.78 is 27.9. The van der Waals surface area contributed by atoms with Crippen LogP contribution in [0.2, 0.25) is 10.0 Å². The summed E-state index contributed by atoms with van der Waals surface area (Å²) in [4.78, 5) is 4.35. The third kappa shape index (κ3) is 4.78. The Morgan fingerprint density at radius 3 is 2.44 bits per heavy atom. The average Bonchev–Trinajstić information content (AvgIpc) is 2.62. The van der Waals surface area contributed by atoms with E-state index in [9.17, 15) is 8.42 Å². The van der Waals surface area contributed by atoms with Crippen molar-refractivity contribution in [1.29, 1.82) is 0 Å². The van der Waals surface area contributed by atoms with Crippen molar-refractivity contribution in [3.63, 3.8) is 0 Å². The molecular weight excluding hydrogens is 405 g/mol. The van der Waals surface area contributed by atoms with E-state index < -0.39 is 10.0 Å². The number of rotatable bonds is 6. The van der Waals surface area contributed by atoms with Gasteiger partial charge in [0.2, 0.25) is 0 Å². The molecule has 27 heavy (non-hydrogen) atoms. The van der Waals surface area contributed by atoms with Crippen LogP contribution >= 0.6 is 23.2 Å². The summed E-state index contributed by atoms with van der Waals surface area (Å²) in [6, 6.07) is 15.2. The number of pyridine rings is 1. The molecule has 3 rings (SSSR count). The van der Waals surface area contributed by atoms with Gasteiger partial charge in [-0.2, -0.15) is 0 Å². The molecule has 8 heteroatoms. The number of nitrogens with zero attached hydrogens (tertiary/aromatic N) is 1. The van der Waals surface area contributed by atoms with E-state index in [1.165, 1.54) is 18.3 Å². The van der Waals surface area contributed by atoms with Crippen LogP contribution in [0.3, 0.4) is 0 Å². The minimum absolute atomic E-state index is 0.148. The van der Waals surface area contributed by atoms with Gasteiger partial charge in [0.1, 0.15) is 0 Å². The van der Waals surface area contributed by atoms with E-state index in [2.05, 4.69) is 15.0 Å². The Balaban J connectivity index is 1.84. The van der Waals surface area contributed by atoms with E-state index in [4.69, 9.17) is 23.2 Å². The Labute approximate surface area is 168 Å². The second-order valence-corrected chi connectivity index (χ2v) is 8.37. The van der Waals surface area contributed by atoms with Gasteiger partial charge in [-0.15, -0.1) is 0 Å². The lowest BCUT2D eigenvalue weighted by Gasteiger charge is -2.10. The molecule has 0 saturated carbocycles. The maximum absolute atomic E-state index is 12.6. The highest BCUT2D eigenvalue weighted by molar-refractivity contribution is 7.92. The zero-order valence-electron chi connectivity index (χ0n) is 14.4. The molecule has 0 spiro atoms. The van der Waals surface area contributed by atoms with E-state index in [0.29, 0.717) is 33.5 Å². The summed E-state index contributed by atoms with van der Waals surface area (Å²) in [5.41, 5.74) is 2.73. The van der Waals surface area contributed by atoms with Gasteiger partial charge in [-0.1, -0.05) is 47.5 Å². The zero-order valence-corrected chi connectivity index (χ0v) is 16.7. The van der Waals surface area contributed by atoms with Crippen molar-refractivity contribution in [2.24, 2.45) is 0 Å². The summed E-state index contributed by atoms with van der Waals surface area (Å²) in [6.45, 7) is 0.652. The molecule has 0 unspecified atom stereocenters. The van der Waals surface area contributed by atoms with Crippen molar-refractivity contribution < 1.29 is 8.42 Å². The Morgan fingerprint density at radius 2 is 1.78 bits per heavy atom. The minimum atomic E-state index is -3.71. The highest BCUT2D eigenvalue weighted by Gasteiger charge is 2.15. The first-order valence-corrected chi connectivity index (χ1v) is 10.3. The standard InChI is InChI=1S/C19H17Cl2N3O2S/c1-22-11-13-3-2-4-16(9-13)24-27(25,26)17-7-5-14(6-8-17)19-18(21)10-15(20)12-23-19/h2-10,12,22,24H,11H2,1H3. The molecule has 0 bridgehead atoms. The minimum Gasteiger partial charge on any atom is -0.316 e. The van der Waals surface area contributed by atoms with Gasteiger partial charge in [0.15, 0.2) is 0 Å². The van der Waals surface area contributed by atoms with Crippen molar-refractivity contribution in [2.75, 3.05) is 11.8 Å². The molecule has 0 amide bonds. The lowest BCUT2D eigenvalue weighted by atomic mass is 10.1. The van der Waals surface area contributed by atoms with Gasteiger partial charge in [-0.05, 0) is 42.9 Å². The second kappa shape index (κ2) is 8.27. The molecule has 1 aromatic heterocycles. The van der Waals surface area contributed by atoms with Crippen LogP contribution in [0.15, 0.2) is 65.7 Å². The Morgan fingerprint density at radius 1 is 1.04 bits per heavy atom. The van der Waals surface area contributed by atoms with E-state index in [-0.39, 0.29) is 4.90 Å². The first kappa shape index (κ1) is 19.6. The Hall–Kier alpha value is -2.12. The number of hydrogen-bond donors (Lipinski definition) is 2. The highest BCUT2D eigenvalue weighted by atomic mass is 35.5. The first-order valence-electron chi connectivity index (χ1n) is 8.07. The number of hydrogen-bond acceptors (Lipinski definition) is 4. The number of halogens is 2. The van der Waals surface area contributed by atoms with Crippen molar-refractivity contribution in [3.8, 4) is 11.3 Å². The van der Waals surface area contributed by atoms with E-state index >= 15 is 0 Å². The van der Waals surface area contributed by atoms with Crippen molar-refractivity contribution in [2.45, 2.75) is 11.4 Å². The van der Waals surface area contributed by atoms with Crippen LogP contribution in [0.4, 0.5) is 5.69 Å². The topological polar surface area (TPSA) is 71.1 Å². The smallest absolute Gasteiger partial charge is 0.261 e. The van der Waals surface area contributed by atoms with Gasteiger partial charge in [0, 0.05) is 24.0 Å². The largest absolute Gasteiger partial charge is 0.316 e.